The summed E-state index contributed by atoms with van der Waals surface area (Å²) in [5.41, 5.74) is 4.62. The number of hydrogen-bond acceptors (Lipinski definition) is 1. The Balaban J connectivity index is 1.61. The maximum Gasteiger partial charge on any atom is 0.138 e. The first kappa shape index (κ1) is 19.3. The molecule has 0 aliphatic carbocycles. The molecule has 0 bridgehead atoms. The lowest BCUT2D eigenvalue weighted by atomic mass is 9.85. The predicted molar refractivity (Wildman–Crippen MR) is 139 cm³/mol. The largest absolute Gasteiger partial charge is 0.493 e. The third-order valence-corrected chi connectivity index (χ3v) is 7.05. The highest BCUT2D eigenvalue weighted by atomic mass is 19.1. The van der Waals surface area contributed by atoms with Crippen molar-refractivity contribution in [3.63, 3.8) is 0 Å². The van der Waals surface area contributed by atoms with Gasteiger partial charge in [0.25, 0.3) is 0 Å². The molecule has 1 nitrogen and oxygen atoms in total. The smallest absolute Gasteiger partial charge is 0.138 e. The monoisotopic (exact) mass is 440 g/mol. The lowest BCUT2D eigenvalue weighted by Crippen LogP contribution is -1.95. The summed E-state index contributed by atoms with van der Waals surface area (Å²) in [5, 5.41) is 6.80. The molecule has 0 saturated carbocycles. The fourth-order valence-corrected chi connectivity index (χ4v) is 5.50. The van der Waals surface area contributed by atoms with Gasteiger partial charge in [-0.3, -0.25) is 0 Å². The lowest BCUT2D eigenvalue weighted by molar-refractivity contribution is 0.357. The molecule has 2 heteroatoms. The van der Waals surface area contributed by atoms with Gasteiger partial charge in [0.05, 0.1) is 6.61 Å². The van der Waals surface area contributed by atoms with Gasteiger partial charge in [-0.1, -0.05) is 84.9 Å². The SMILES string of the molecule is Fc1c(-c2c3ccccc3c(-c3ccc4ccccc4c3)c3ccccc23)ccc2c1CCO2. The van der Waals surface area contributed by atoms with Gasteiger partial charge in [-0.05, 0) is 61.6 Å². The number of rotatable bonds is 2. The molecular formula is C32H21FO. The van der Waals surface area contributed by atoms with Crippen LogP contribution in [0.5, 0.6) is 5.75 Å². The van der Waals surface area contributed by atoms with Crippen LogP contribution in [0.15, 0.2) is 103 Å². The molecule has 1 heterocycles. The molecule has 6 aromatic rings. The van der Waals surface area contributed by atoms with E-state index >= 15 is 4.39 Å². The number of benzene rings is 6. The van der Waals surface area contributed by atoms with E-state index in [1.165, 1.54) is 21.9 Å². The fraction of sp³-hybridized carbons (Fsp3) is 0.0625. The second-order valence-electron chi connectivity index (χ2n) is 8.91. The van der Waals surface area contributed by atoms with Crippen LogP contribution in [0.25, 0.3) is 54.6 Å². The molecule has 0 N–H and O–H groups in total. The molecule has 0 aromatic heterocycles. The van der Waals surface area contributed by atoms with Crippen molar-refractivity contribution in [1.82, 2.24) is 0 Å². The minimum Gasteiger partial charge on any atom is -0.493 e. The van der Waals surface area contributed by atoms with Crippen LogP contribution in [0.1, 0.15) is 5.56 Å². The Hall–Kier alpha value is -4.17. The van der Waals surface area contributed by atoms with Crippen LogP contribution < -0.4 is 4.74 Å². The summed E-state index contributed by atoms with van der Waals surface area (Å²) in [5.74, 6) is 0.506. The molecular weight excluding hydrogens is 419 g/mol. The van der Waals surface area contributed by atoms with Gasteiger partial charge in [0.2, 0.25) is 0 Å². The molecule has 162 valence electrons. The van der Waals surface area contributed by atoms with Crippen LogP contribution in [-0.2, 0) is 6.42 Å². The molecule has 0 saturated heterocycles. The fourth-order valence-electron chi connectivity index (χ4n) is 5.50. The van der Waals surface area contributed by atoms with E-state index in [9.17, 15) is 0 Å². The van der Waals surface area contributed by atoms with Crippen LogP contribution in [0.4, 0.5) is 4.39 Å². The molecule has 1 aliphatic heterocycles. The normalized spacial score (nSPS) is 12.9. The van der Waals surface area contributed by atoms with Crippen LogP contribution >= 0.6 is 0 Å². The van der Waals surface area contributed by atoms with Crippen LogP contribution in [-0.4, -0.2) is 6.61 Å². The van der Waals surface area contributed by atoms with Crippen molar-refractivity contribution in [2.24, 2.45) is 0 Å². The first-order valence-corrected chi connectivity index (χ1v) is 11.7. The number of halogens is 1. The molecule has 0 amide bonds. The molecule has 0 unspecified atom stereocenters. The summed E-state index contributed by atoms with van der Waals surface area (Å²) in [4.78, 5) is 0. The van der Waals surface area contributed by atoms with Crippen LogP contribution in [0, 0.1) is 5.82 Å². The minimum atomic E-state index is -0.163. The third-order valence-electron chi connectivity index (χ3n) is 7.05. The van der Waals surface area contributed by atoms with E-state index in [4.69, 9.17) is 4.74 Å². The average Bonchev–Trinajstić information content (AvgIpc) is 3.37. The van der Waals surface area contributed by atoms with Gasteiger partial charge in [0, 0.05) is 23.1 Å². The Morgan fingerprint density at radius 2 is 1.21 bits per heavy atom. The number of hydrogen-bond donors (Lipinski definition) is 0. The Kier molecular flexibility index (Phi) is 4.22. The van der Waals surface area contributed by atoms with E-state index in [-0.39, 0.29) is 5.82 Å². The third kappa shape index (κ3) is 2.78. The van der Waals surface area contributed by atoms with Crippen molar-refractivity contribution >= 4 is 32.3 Å². The standard InChI is InChI=1S/C32H21FO/c33-32-27-17-18-34-29(27)16-15-28(32)31-25-11-5-3-9-23(25)30(24-10-4-6-12-26(24)31)22-14-13-20-7-1-2-8-21(20)19-22/h1-16,19H,17-18H2. The molecule has 0 spiro atoms. The first-order chi connectivity index (χ1) is 16.8. The van der Waals surface area contributed by atoms with E-state index in [1.807, 2.05) is 24.3 Å². The Bertz CT molecular complexity index is 1690. The highest BCUT2D eigenvalue weighted by Gasteiger charge is 2.23. The van der Waals surface area contributed by atoms with Crippen molar-refractivity contribution in [2.75, 3.05) is 6.61 Å². The van der Waals surface area contributed by atoms with Gasteiger partial charge < -0.3 is 4.74 Å². The zero-order valence-corrected chi connectivity index (χ0v) is 18.5. The van der Waals surface area contributed by atoms with Gasteiger partial charge in [0.15, 0.2) is 0 Å². The molecule has 0 fully saturated rings. The van der Waals surface area contributed by atoms with Crippen molar-refractivity contribution in [1.29, 1.82) is 0 Å². The van der Waals surface area contributed by atoms with E-state index in [0.29, 0.717) is 29.9 Å². The maximum absolute atomic E-state index is 15.8. The van der Waals surface area contributed by atoms with E-state index in [0.717, 1.165) is 27.1 Å². The lowest BCUT2D eigenvalue weighted by Gasteiger charge is -2.19. The topological polar surface area (TPSA) is 9.23 Å². The van der Waals surface area contributed by atoms with Gasteiger partial charge in [0.1, 0.15) is 11.6 Å². The molecule has 6 aromatic carbocycles. The van der Waals surface area contributed by atoms with Crippen molar-refractivity contribution in [3.8, 4) is 28.0 Å². The highest BCUT2D eigenvalue weighted by Crippen LogP contribution is 2.46. The summed E-state index contributed by atoms with van der Waals surface area (Å²) in [6, 6.07) is 35.6. The van der Waals surface area contributed by atoms with E-state index in [2.05, 4.69) is 78.9 Å². The number of ether oxygens (including phenoxy) is 1. The zero-order chi connectivity index (χ0) is 22.6. The summed E-state index contributed by atoms with van der Waals surface area (Å²) in [6.07, 6.45) is 0.611. The molecule has 0 radical (unpaired) electrons. The van der Waals surface area contributed by atoms with Crippen molar-refractivity contribution < 1.29 is 9.13 Å². The van der Waals surface area contributed by atoms with E-state index < -0.39 is 0 Å². The summed E-state index contributed by atoms with van der Waals surface area (Å²) >= 11 is 0. The Morgan fingerprint density at radius 3 is 1.91 bits per heavy atom. The van der Waals surface area contributed by atoms with Gasteiger partial charge in [-0.15, -0.1) is 0 Å². The summed E-state index contributed by atoms with van der Waals surface area (Å²) in [6.45, 7) is 0.540. The highest BCUT2D eigenvalue weighted by molar-refractivity contribution is 6.21. The van der Waals surface area contributed by atoms with E-state index in [1.54, 1.807) is 0 Å². The second-order valence-corrected chi connectivity index (χ2v) is 8.91. The first-order valence-electron chi connectivity index (χ1n) is 11.7. The predicted octanol–water partition coefficient (Wildman–Crippen LogP) is 8.55. The van der Waals surface area contributed by atoms with Gasteiger partial charge >= 0.3 is 0 Å². The van der Waals surface area contributed by atoms with Gasteiger partial charge in [-0.2, -0.15) is 0 Å². The number of fused-ring (bicyclic) bond motifs is 4. The van der Waals surface area contributed by atoms with Crippen molar-refractivity contribution in [3.05, 3.63) is 115 Å². The quantitative estimate of drug-likeness (QED) is 0.245. The van der Waals surface area contributed by atoms with Crippen LogP contribution in [0.2, 0.25) is 0 Å². The second kappa shape index (κ2) is 7.43. The maximum atomic E-state index is 15.8. The molecule has 0 atom stereocenters. The molecule has 1 aliphatic rings. The van der Waals surface area contributed by atoms with Crippen molar-refractivity contribution in [2.45, 2.75) is 6.42 Å². The zero-order valence-electron chi connectivity index (χ0n) is 18.5. The minimum absolute atomic E-state index is 0.163. The Morgan fingerprint density at radius 1 is 0.588 bits per heavy atom. The summed E-state index contributed by atoms with van der Waals surface area (Å²) < 4.78 is 21.5. The van der Waals surface area contributed by atoms with Gasteiger partial charge in [-0.25, -0.2) is 4.39 Å². The van der Waals surface area contributed by atoms with Crippen LogP contribution in [0.3, 0.4) is 0 Å². The molecule has 34 heavy (non-hydrogen) atoms. The Labute approximate surface area is 197 Å². The molecule has 7 rings (SSSR count). The summed E-state index contributed by atoms with van der Waals surface area (Å²) in [7, 11) is 0. The average molecular weight is 441 g/mol.